The quantitative estimate of drug-likeness (QED) is 0.758. The van der Waals surface area contributed by atoms with Crippen molar-refractivity contribution in [3.63, 3.8) is 0 Å². The molecule has 1 aromatic carbocycles. The molecule has 1 rings (SSSR count). The van der Waals surface area contributed by atoms with Crippen molar-refractivity contribution in [1.82, 2.24) is 0 Å². The van der Waals surface area contributed by atoms with Gasteiger partial charge in [0, 0.05) is 0 Å². The van der Waals surface area contributed by atoms with Gasteiger partial charge in [-0.2, -0.15) is 0 Å². The summed E-state index contributed by atoms with van der Waals surface area (Å²) >= 11 is 10.9. The van der Waals surface area contributed by atoms with Gasteiger partial charge in [-0.15, -0.1) is 23.2 Å². The van der Waals surface area contributed by atoms with Gasteiger partial charge in [0.15, 0.2) is 14.5 Å². The van der Waals surface area contributed by atoms with Gasteiger partial charge in [0.2, 0.25) is 0 Å². The van der Waals surface area contributed by atoms with Crippen LogP contribution < -0.4 is 0 Å². The molecule has 0 aliphatic carbocycles. The SMILES string of the molecule is O=S(=O)(c1ccccc1)C(Cl)CCl. The maximum absolute atomic E-state index is 11.5. The van der Waals surface area contributed by atoms with Gasteiger partial charge in [-0.3, -0.25) is 0 Å². The first kappa shape index (κ1) is 10.8. The van der Waals surface area contributed by atoms with E-state index in [0.717, 1.165) is 0 Å². The smallest absolute Gasteiger partial charge is 0.196 e. The van der Waals surface area contributed by atoms with Crippen molar-refractivity contribution >= 4 is 33.0 Å². The zero-order chi connectivity index (χ0) is 9.90. The number of sulfone groups is 1. The van der Waals surface area contributed by atoms with E-state index in [9.17, 15) is 8.42 Å². The topological polar surface area (TPSA) is 34.1 Å². The third kappa shape index (κ3) is 2.36. The molecule has 0 fully saturated rings. The van der Waals surface area contributed by atoms with Crippen molar-refractivity contribution in [2.24, 2.45) is 0 Å². The lowest BCUT2D eigenvalue weighted by Gasteiger charge is -2.06. The van der Waals surface area contributed by atoms with Crippen LogP contribution in [0.5, 0.6) is 0 Å². The number of hydrogen-bond donors (Lipinski definition) is 0. The van der Waals surface area contributed by atoms with Gasteiger partial charge >= 0.3 is 0 Å². The summed E-state index contributed by atoms with van der Waals surface area (Å²) in [6.07, 6.45) is 0. The average molecular weight is 239 g/mol. The highest BCUT2D eigenvalue weighted by Crippen LogP contribution is 2.19. The van der Waals surface area contributed by atoms with Crippen LogP contribution in [-0.4, -0.2) is 19.0 Å². The third-order valence-corrected chi connectivity index (χ3v) is 4.81. The lowest BCUT2D eigenvalue weighted by atomic mass is 10.4. The maximum atomic E-state index is 11.5. The molecule has 5 heteroatoms. The Bertz CT molecular complexity index is 361. The van der Waals surface area contributed by atoms with Crippen LogP contribution in [0.1, 0.15) is 0 Å². The molecule has 2 nitrogen and oxygen atoms in total. The number of hydrogen-bond acceptors (Lipinski definition) is 2. The Hall–Kier alpha value is -0.250. The summed E-state index contributed by atoms with van der Waals surface area (Å²) in [7, 11) is -3.46. The zero-order valence-corrected chi connectivity index (χ0v) is 8.98. The number of halogens is 2. The molecule has 0 heterocycles. The first-order valence-corrected chi connectivity index (χ1v) is 6.09. The molecular weight excluding hydrogens is 231 g/mol. The molecule has 0 aliphatic rings. The van der Waals surface area contributed by atoms with Gasteiger partial charge in [-0.05, 0) is 12.1 Å². The largest absolute Gasteiger partial charge is 0.222 e. The molecule has 0 saturated heterocycles. The predicted octanol–water partition coefficient (Wildman–Crippen LogP) is 2.26. The fraction of sp³-hybridized carbons (Fsp3) is 0.250. The average Bonchev–Trinajstić information content (AvgIpc) is 2.18. The zero-order valence-electron chi connectivity index (χ0n) is 6.65. The van der Waals surface area contributed by atoms with E-state index in [-0.39, 0.29) is 10.8 Å². The lowest BCUT2D eigenvalue weighted by molar-refractivity contribution is 0.594. The van der Waals surface area contributed by atoms with E-state index in [0.29, 0.717) is 0 Å². The van der Waals surface area contributed by atoms with Crippen LogP contribution >= 0.6 is 23.2 Å². The van der Waals surface area contributed by atoms with E-state index < -0.39 is 14.5 Å². The van der Waals surface area contributed by atoms with E-state index in [1.807, 2.05) is 0 Å². The molecule has 0 aromatic heterocycles. The second-order valence-corrected chi connectivity index (χ2v) is 5.65. The molecule has 0 amide bonds. The van der Waals surface area contributed by atoms with Crippen LogP contribution in [0.15, 0.2) is 35.2 Å². The third-order valence-electron chi connectivity index (χ3n) is 1.53. The predicted molar refractivity (Wildman–Crippen MR) is 54.0 cm³/mol. The number of benzene rings is 1. The van der Waals surface area contributed by atoms with Gasteiger partial charge in [0.25, 0.3) is 0 Å². The summed E-state index contributed by atoms with van der Waals surface area (Å²) in [5.41, 5.74) is 0. The Morgan fingerprint density at radius 1 is 1.23 bits per heavy atom. The van der Waals surface area contributed by atoms with Gasteiger partial charge in [-0.25, -0.2) is 8.42 Å². The van der Waals surface area contributed by atoms with E-state index in [4.69, 9.17) is 23.2 Å². The van der Waals surface area contributed by atoms with Crippen molar-refractivity contribution < 1.29 is 8.42 Å². The van der Waals surface area contributed by atoms with E-state index in [1.54, 1.807) is 18.2 Å². The van der Waals surface area contributed by atoms with Crippen molar-refractivity contribution in [3.8, 4) is 0 Å². The highest BCUT2D eigenvalue weighted by molar-refractivity contribution is 7.93. The van der Waals surface area contributed by atoms with Crippen LogP contribution in [-0.2, 0) is 9.84 Å². The summed E-state index contributed by atoms with van der Waals surface area (Å²) in [6.45, 7) is 0. The normalized spacial score (nSPS) is 14.0. The van der Waals surface area contributed by atoms with Gasteiger partial charge in [0.1, 0.15) is 0 Å². The van der Waals surface area contributed by atoms with Crippen LogP contribution in [0, 0.1) is 0 Å². The van der Waals surface area contributed by atoms with Crippen molar-refractivity contribution in [3.05, 3.63) is 30.3 Å². The molecule has 13 heavy (non-hydrogen) atoms. The van der Waals surface area contributed by atoms with Gasteiger partial charge < -0.3 is 0 Å². The Balaban J connectivity index is 3.09. The summed E-state index contributed by atoms with van der Waals surface area (Å²) in [5, 5.41) is 0. The molecule has 1 atom stereocenters. The first-order chi connectivity index (χ1) is 6.09. The van der Waals surface area contributed by atoms with Crippen molar-refractivity contribution in [1.29, 1.82) is 0 Å². The van der Waals surface area contributed by atoms with Crippen molar-refractivity contribution in [2.75, 3.05) is 5.88 Å². The first-order valence-electron chi connectivity index (χ1n) is 3.58. The molecular formula is C8H8Cl2O2S. The summed E-state index contributed by atoms with van der Waals surface area (Å²) in [6, 6.07) is 8.02. The van der Waals surface area contributed by atoms with E-state index in [2.05, 4.69) is 0 Å². The molecule has 1 aromatic rings. The molecule has 1 unspecified atom stereocenters. The fourth-order valence-electron chi connectivity index (χ4n) is 0.841. The second kappa shape index (κ2) is 4.31. The van der Waals surface area contributed by atoms with Crippen LogP contribution in [0.3, 0.4) is 0 Å². The van der Waals surface area contributed by atoms with Crippen LogP contribution in [0.25, 0.3) is 0 Å². The molecule has 0 bridgehead atoms. The van der Waals surface area contributed by atoms with E-state index >= 15 is 0 Å². The fourth-order valence-corrected chi connectivity index (χ4v) is 2.64. The molecule has 0 saturated carbocycles. The minimum Gasteiger partial charge on any atom is -0.222 e. The van der Waals surface area contributed by atoms with Gasteiger partial charge in [0.05, 0.1) is 10.8 Å². The molecule has 0 spiro atoms. The van der Waals surface area contributed by atoms with E-state index in [1.165, 1.54) is 12.1 Å². The summed E-state index contributed by atoms with van der Waals surface area (Å²) in [4.78, 5) is 0.204. The van der Waals surface area contributed by atoms with Crippen LogP contribution in [0.2, 0.25) is 0 Å². The highest BCUT2D eigenvalue weighted by Gasteiger charge is 2.23. The highest BCUT2D eigenvalue weighted by atomic mass is 35.5. The standard InChI is InChI=1S/C8H8Cl2O2S/c9-6-8(10)13(11,12)7-4-2-1-3-5-7/h1-5,8H,6H2. The Labute approximate surface area is 87.4 Å². The van der Waals surface area contributed by atoms with Crippen LogP contribution in [0.4, 0.5) is 0 Å². The molecule has 0 aliphatic heterocycles. The Morgan fingerprint density at radius 3 is 2.23 bits per heavy atom. The summed E-state index contributed by atoms with van der Waals surface area (Å²) < 4.78 is 22.0. The lowest BCUT2D eigenvalue weighted by Crippen LogP contribution is -2.16. The molecule has 0 radical (unpaired) electrons. The maximum Gasteiger partial charge on any atom is 0.196 e. The summed E-state index contributed by atoms with van der Waals surface area (Å²) in [5.74, 6) is -0.112. The molecule has 0 N–H and O–H groups in total. The number of rotatable bonds is 3. The number of alkyl halides is 2. The minimum atomic E-state index is -3.46. The van der Waals surface area contributed by atoms with Crippen molar-refractivity contribution in [2.45, 2.75) is 9.60 Å². The minimum absolute atomic E-state index is 0.112. The Kier molecular flexibility index (Phi) is 3.59. The Morgan fingerprint density at radius 2 is 1.77 bits per heavy atom. The monoisotopic (exact) mass is 238 g/mol. The molecule has 72 valence electrons. The van der Waals surface area contributed by atoms with Gasteiger partial charge in [-0.1, -0.05) is 18.2 Å². The second-order valence-electron chi connectivity index (χ2n) is 2.42.